The first-order valence-electron chi connectivity index (χ1n) is 17.5. The van der Waals surface area contributed by atoms with Crippen molar-refractivity contribution >= 4 is 74.9 Å². The van der Waals surface area contributed by atoms with Crippen LogP contribution in [-0.4, -0.2) is 24.5 Å². The van der Waals surface area contributed by atoms with Crippen molar-refractivity contribution in [3.8, 4) is 50.4 Å². The highest BCUT2D eigenvalue weighted by Gasteiger charge is 2.19. The van der Waals surface area contributed by atoms with Crippen LogP contribution >= 0.6 is 22.7 Å². The fraction of sp³-hybridized carbons (Fsp3) is 0. The molecule has 11 rings (SSSR count). The van der Waals surface area contributed by atoms with Crippen molar-refractivity contribution in [3.05, 3.63) is 164 Å². The molecule has 0 aliphatic carbocycles. The second-order valence-electron chi connectivity index (χ2n) is 13.1. The maximum Gasteiger partial charge on any atom is 0.164 e. The van der Waals surface area contributed by atoms with E-state index in [9.17, 15) is 0 Å². The molecular weight excluding hydrogens is 687 g/mol. The number of aromatic nitrogens is 5. The van der Waals surface area contributed by atoms with Gasteiger partial charge in [-0.15, -0.1) is 22.7 Å². The summed E-state index contributed by atoms with van der Waals surface area (Å²) in [6.07, 6.45) is 0. The number of thiophene rings is 1. The van der Waals surface area contributed by atoms with E-state index < -0.39 is 0 Å². The molecule has 0 atom stereocenters. The number of hydrogen-bond acceptors (Lipinski definition) is 6. The van der Waals surface area contributed by atoms with E-state index in [4.69, 9.17) is 19.9 Å². The summed E-state index contributed by atoms with van der Waals surface area (Å²) in [6, 6.07) is 57.3. The highest BCUT2D eigenvalue weighted by Crippen LogP contribution is 2.42. The predicted octanol–water partition coefficient (Wildman–Crippen LogP) is 12.6. The van der Waals surface area contributed by atoms with Gasteiger partial charge in [0.2, 0.25) is 0 Å². The Morgan fingerprint density at radius 1 is 0.396 bits per heavy atom. The van der Waals surface area contributed by atoms with Crippen LogP contribution in [0.15, 0.2) is 164 Å². The Labute approximate surface area is 312 Å². The first kappa shape index (κ1) is 30.1. The number of rotatable bonds is 5. The van der Waals surface area contributed by atoms with Crippen LogP contribution < -0.4 is 0 Å². The molecule has 0 spiro atoms. The van der Waals surface area contributed by atoms with Crippen molar-refractivity contribution in [3.63, 3.8) is 0 Å². The lowest BCUT2D eigenvalue weighted by atomic mass is 10.0. The summed E-state index contributed by atoms with van der Waals surface area (Å²) in [6.45, 7) is 0. The molecule has 4 aromatic heterocycles. The third kappa shape index (κ3) is 4.97. The van der Waals surface area contributed by atoms with Gasteiger partial charge >= 0.3 is 0 Å². The third-order valence-electron chi connectivity index (χ3n) is 9.89. The average molecular weight is 714 g/mol. The fourth-order valence-electron chi connectivity index (χ4n) is 7.45. The van der Waals surface area contributed by atoms with Gasteiger partial charge in [-0.2, -0.15) is 0 Å². The molecule has 0 aliphatic rings. The summed E-state index contributed by atoms with van der Waals surface area (Å²) in [4.78, 5) is 20.5. The fourth-order valence-corrected chi connectivity index (χ4v) is 9.58. The van der Waals surface area contributed by atoms with Gasteiger partial charge in [0.25, 0.3) is 0 Å². The van der Waals surface area contributed by atoms with Crippen LogP contribution in [0.4, 0.5) is 0 Å². The summed E-state index contributed by atoms with van der Waals surface area (Å²) in [5.41, 5.74) is 8.40. The number of fused-ring (bicyclic) bond motifs is 7. The highest BCUT2D eigenvalue weighted by molar-refractivity contribution is 7.26. The minimum absolute atomic E-state index is 0.635. The molecule has 0 amide bonds. The van der Waals surface area contributed by atoms with Gasteiger partial charge in [0, 0.05) is 58.9 Å². The van der Waals surface area contributed by atoms with Gasteiger partial charge in [-0.3, -0.25) is 0 Å². The first-order valence-corrected chi connectivity index (χ1v) is 19.1. The largest absolute Gasteiger partial charge is 0.309 e. The van der Waals surface area contributed by atoms with E-state index >= 15 is 0 Å². The monoisotopic (exact) mass is 713 g/mol. The normalized spacial score (nSPS) is 11.8. The van der Waals surface area contributed by atoms with Gasteiger partial charge in [0.15, 0.2) is 17.5 Å². The van der Waals surface area contributed by atoms with Crippen molar-refractivity contribution in [2.45, 2.75) is 0 Å². The molecule has 0 N–H and O–H groups in total. The van der Waals surface area contributed by atoms with E-state index in [1.807, 2.05) is 24.3 Å². The molecule has 53 heavy (non-hydrogen) atoms. The van der Waals surface area contributed by atoms with Gasteiger partial charge < -0.3 is 4.57 Å². The maximum atomic E-state index is 5.25. The van der Waals surface area contributed by atoms with Crippen molar-refractivity contribution in [1.82, 2.24) is 24.5 Å². The quantitative estimate of drug-likeness (QED) is 0.178. The van der Waals surface area contributed by atoms with Gasteiger partial charge in [-0.25, -0.2) is 19.9 Å². The maximum absolute atomic E-state index is 5.25. The lowest BCUT2D eigenvalue weighted by molar-refractivity contribution is 1.08. The van der Waals surface area contributed by atoms with Gasteiger partial charge in [0.1, 0.15) is 5.01 Å². The van der Waals surface area contributed by atoms with Crippen LogP contribution in [0.3, 0.4) is 0 Å². The molecular formula is C46H27N5S2. The van der Waals surface area contributed by atoms with E-state index in [2.05, 4.69) is 144 Å². The molecule has 0 saturated heterocycles. The number of benzene rings is 7. The lowest BCUT2D eigenvalue weighted by Crippen LogP contribution is -2.00. The predicted molar refractivity (Wildman–Crippen MR) is 222 cm³/mol. The number of thiazole rings is 1. The molecule has 0 fully saturated rings. The minimum atomic E-state index is 0.635. The Morgan fingerprint density at radius 3 is 1.94 bits per heavy atom. The molecule has 4 heterocycles. The Bertz CT molecular complexity index is 3150. The SMILES string of the molecule is c1ccc(-c2nc(-c3ccc4c5ccccc5n(-c5ccccc5)c4c3)nc(-c3cccc4sc5cc(-c6nc7ccccc7s6)ccc5c34)n2)cc1. The summed E-state index contributed by atoms with van der Waals surface area (Å²) in [7, 11) is 0. The van der Waals surface area contributed by atoms with Crippen molar-refractivity contribution in [1.29, 1.82) is 0 Å². The molecule has 0 bridgehead atoms. The average Bonchev–Trinajstić information content (AvgIpc) is 3.92. The van der Waals surface area contributed by atoms with E-state index in [1.54, 1.807) is 22.7 Å². The molecule has 0 aliphatic heterocycles. The van der Waals surface area contributed by atoms with Crippen LogP contribution in [0.5, 0.6) is 0 Å². The Morgan fingerprint density at radius 2 is 1.08 bits per heavy atom. The molecule has 5 nitrogen and oxygen atoms in total. The van der Waals surface area contributed by atoms with Gasteiger partial charge in [-0.05, 0) is 48.5 Å². The Kier molecular flexibility index (Phi) is 6.83. The molecule has 11 aromatic rings. The molecule has 7 aromatic carbocycles. The minimum Gasteiger partial charge on any atom is -0.309 e. The standard InChI is InChI=1S/C46H27N5S2/c1-3-12-28(13-4-1)43-48-44(29-22-24-33-32-16-7-9-19-37(32)51(38(33)26-29)31-14-5-2-6-15-31)50-45(49-43)35-17-11-21-40-42(35)34-25-23-30(27-41(34)52-40)46-47-36-18-8-10-20-39(36)53-46/h1-27H. The molecule has 0 saturated carbocycles. The van der Waals surface area contributed by atoms with E-state index in [-0.39, 0.29) is 0 Å². The molecule has 7 heteroatoms. The zero-order chi connectivity index (χ0) is 34.9. The molecule has 0 radical (unpaired) electrons. The van der Waals surface area contributed by atoms with E-state index in [1.165, 1.54) is 30.3 Å². The molecule has 0 unspecified atom stereocenters. The summed E-state index contributed by atoms with van der Waals surface area (Å²) >= 11 is 3.52. The lowest BCUT2D eigenvalue weighted by Gasteiger charge is -2.11. The highest BCUT2D eigenvalue weighted by atomic mass is 32.1. The van der Waals surface area contributed by atoms with Gasteiger partial charge in [-0.1, -0.05) is 115 Å². The van der Waals surface area contributed by atoms with Crippen molar-refractivity contribution < 1.29 is 0 Å². The van der Waals surface area contributed by atoms with Gasteiger partial charge in [0.05, 0.1) is 21.3 Å². The van der Waals surface area contributed by atoms with Crippen LogP contribution in [-0.2, 0) is 0 Å². The van der Waals surface area contributed by atoms with Crippen LogP contribution in [0.1, 0.15) is 0 Å². The van der Waals surface area contributed by atoms with Crippen LogP contribution in [0.25, 0.3) is 103 Å². The number of nitrogens with zero attached hydrogens (tertiary/aromatic N) is 5. The zero-order valence-electron chi connectivity index (χ0n) is 28.1. The second kappa shape index (κ2) is 12.0. The van der Waals surface area contributed by atoms with Crippen LogP contribution in [0, 0.1) is 0 Å². The van der Waals surface area contributed by atoms with E-state index in [0.717, 1.165) is 54.9 Å². The smallest absolute Gasteiger partial charge is 0.164 e. The zero-order valence-corrected chi connectivity index (χ0v) is 29.8. The Hall–Kier alpha value is -6.54. The number of para-hydroxylation sites is 3. The topological polar surface area (TPSA) is 56.5 Å². The van der Waals surface area contributed by atoms with E-state index in [0.29, 0.717) is 17.5 Å². The summed E-state index contributed by atoms with van der Waals surface area (Å²) < 4.78 is 5.92. The van der Waals surface area contributed by atoms with Crippen molar-refractivity contribution in [2.24, 2.45) is 0 Å². The first-order chi connectivity index (χ1) is 26.2. The summed E-state index contributed by atoms with van der Waals surface area (Å²) in [5, 5.41) is 5.76. The van der Waals surface area contributed by atoms with Crippen LogP contribution in [0.2, 0.25) is 0 Å². The number of hydrogen-bond donors (Lipinski definition) is 0. The Balaban J connectivity index is 1.11. The molecule has 248 valence electrons. The summed E-state index contributed by atoms with van der Waals surface area (Å²) in [5.74, 6) is 1.93. The third-order valence-corrected chi connectivity index (χ3v) is 12.1. The second-order valence-corrected chi connectivity index (χ2v) is 15.2. The van der Waals surface area contributed by atoms with Crippen molar-refractivity contribution in [2.75, 3.05) is 0 Å².